The minimum atomic E-state index is -0.233. The Balaban J connectivity index is 1.50. The van der Waals surface area contributed by atoms with E-state index in [-0.39, 0.29) is 30.8 Å². The fraction of sp³-hybridized carbons (Fsp3) is 0.316. The van der Waals surface area contributed by atoms with Crippen molar-refractivity contribution in [1.29, 1.82) is 0 Å². The molecule has 0 atom stereocenters. The maximum absolute atomic E-state index is 12.3. The van der Waals surface area contributed by atoms with Gasteiger partial charge in [-0.2, -0.15) is 11.3 Å². The lowest BCUT2D eigenvalue weighted by Gasteiger charge is -2.18. The first kappa shape index (κ1) is 18.9. The molecule has 2 heterocycles. The predicted molar refractivity (Wildman–Crippen MR) is 106 cm³/mol. The lowest BCUT2D eigenvalue weighted by atomic mass is 10.2. The highest BCUT2D eigenvalue weighted by Crippen LogP contribution is 2.22. The third-order valence-electron chi connectivity index (χ3n) is 4.26. The zero-order valence-corrected chi connectivity index (χ0v) is 15.7. The minimum absolute atomic E-state index is 0.143. The van der Waals surface area contributed by atoms with Crippen LogP contribution in [0.1, 0.15) is 29.6 Å². The van der Waals surface area contributed by atoms with Crippen molar-refractivity contribution in [3.8, 4) is 0 Å². The summed E-state index contributed by atoms with van der Waals surface area (Å²) in [6, 6.07) is 8.66. The summed E-state index contributed by atoms with van der Waals surface area (Å²) in [5, 5.41) is 12.0. The molecule has 8 heteroatoms. The smallest absolute Gasteiger partial charge is 0.321 e. The largest absolute Gasteiger partial charge is 0.351 e. The molecule has 27 heavy (non-hydrogen) atoms. The van der Waals surface area contributed by atoms with E-state index in [2.05, 4.69) is 16.0 Å². The average molecular weight is 386 g/mol. The van der Waals surface area contributed by atoms with E-state index in [9.17, 15) is 14.4 Å². The average Bonchev–Trinajstić information content (AvgIpc) is 3.37. The Labute approximate surface area is 161 Å². The molecule has 1 aliphatic rings. The number of carbonyl (C=O) groups is 3. The van der Waals surface area contributed by atoms with Crippen molar-refractivity contribution in [3.05, 3.63) is 46.7 Å². The van der Waals surface area contributed by atoms with Crippen molar-refractivity contribution >= 4 is 40.6 Å². The van der Waals surface area contributed by atoms with Crippen molar-refractivity contribution in [1.82, 2.24) is 10.2 Å². The number of amides is 4. The van der Waals surface area contributed by atoms with Crippen LogP contribution in [0, 0.1) is 0 Å². The van der Waals surface area contributed by atoms with Gasteiger partial charge in [0.15, 0.2) is 0 Å². The van der Waals surface area contributed by atoms with Crippen molar-refractivity contribution < 1.29 is 14.4 Å². The Kier molecular flexibility index (Phi) is 6.43. The van der Waals surface area contributed by atoms with Crippen LogP contribution in [0.4, 0.5) is 16.2 Å². The Morgan fingerprint density at radius 2 is 1.70 bits per heavy atom. The topological polar surface area (TPSA) is 90.5 Å². The van der Waals surface area contributed by atoms with Gasteiger partial charge < -0.3 is 20.9 Å². The highest BCUT2D eigenvalue weighted by molar-refractivity contribution is 7.08. The molecule has 1 aromatic heterocycles. The number of carbonyl (C=O) groups excluding carboxylic acids is 3. The molecule has 1 aliphatic heterocycles. The molecule has 2 aromatic rings. The Morgan fingerprint density at radius 3 is 2.37 bits per heavy atom. The summed E-state index contributed by atoms with van der Waals surface area (Å²) in [5.41, 5.74) is 1.69. The van der Waals surface area contributed by atoms with Gasteiger partial charge in [-0.1, -0.05) is 12.1 Å². The second-order valence-corrected chi connectivity index (χ2v) is 7.02. The molecule has 0 bridgehead atoms. The maximum Gasteiger partial charge on any atom is 0.321 e. The number of nitrogens with zero attached hydrogens (tertiary/aromatic N) is 1. The molecule has 0 radical (unpaired) electrons. The number of hydrogen-bond acceptors (Lipinski definition) is 4. The molecule has 0 unspecified atom stereocenters. The highest BCUT2D eigenvalue weighted by atomic mass is 32.1. The molecule has 0 spiro atoms. The first-order valence-electron chi connectivity index (χ1n) is 8.88. The van der Waals surface area contributed by atoms with E-state index in [0.717, 1.165) is 25.9 Å². The quantitative estimate of drug-likeness (QED) is 0.712. The van der Waals surface area contributed by atoms with Crippen LogP contribution in [0.2, 0.25) is 0 Å². The monoisotopic (exact) mass is 386 g/mol. The number of para-hydroxylation sites is 2. The summed E-state index contributed by atoms with van der Waals surface area (Å²) in [6.45, 7) is 1.75. The van der Waals surface area contributed by atoms with Crippen LogP contribution < -0.4 is 16.0 Å². The van der Waals surface area contributed by atoms with E-state index in [1.807, 2.05) is 5.38 Å². The normalized spacial score (nSPS) is 13.3. The third kappa shape index (κ3) is 5.30. The van der Waals surface area contributed by atoms with Gasteiger partial charge >= 0.3 is 6.03 Å². The molecule has 0 saturated carbocycles. The number of urea groups is 1. The summed E-state index contributed by atoms with van der Waals surface area (Å²) in [7, 11) is 0. The first-order chi connectivity index (χ1) is 13.1. The molecule has 1 fully saturated rings. The standard InChI is InChI=1S/C19H22N4O3S/c24-17(7-9-20-18(25)14-8-12-27-13-14)21-15-5-1-2-6-16(15)22-19(26)23-10-3-4-11-23/h1-2,5-6,8,12-13H,3-4,7,9-11H2,(H,20,25)(H,21,24)(H,22,26). The van der Waals surface area contributed by atoms with Gasteiger partial charge in [0.25, 0.3) is 5.91 Å². The number of anilines is 2. The van der Waals surface area contributed by atoms with Crippen LogP contribution in [0.3, 0.4) is 0 Å². The summed E-state index contributed by atoms with van der Waals surface area (Å²) in [6.07, 6.45) is 2.18. The van der Waals surface area contributed by atoms with E-state index < -0.39 is 0 Å². The molecule has 3 N–H and O–H groups in total. The zero-order valence-electron chi connectivity index (χ0n) is 14.9. The van der Waals surface area contributed by atoms with Gasteiger partial charge in [0, 0.05) is 37.0 Å². The van der Waals surface area contributed by atoms with Crippen LogP contribution in [0.15, 0.2) is 41.1 Å². The Morgan fingerprint density at radius 1 is 1.00 bits per heavy atom. The molecule has 142 valence electrons. The summed E-state index contributed by atoms with van der Waals surface area (Å²) in [4.78, 5) is 38.1. The molecule has 1 saturated heterocycles. The lowest BCUT2D eigenvalue weighted by molar-refractivity contribution is -0.116. The number of benzene rings is 1. The number of likely N-dealkylation sites (tertiary alicyclic amines) is 1. The van der Waals surface area contributed by atoms with Crippen LogP contribution in [0.25, 0.3) is 0 Å². The number of nitrogens with one attached hydrogen (secondary N) is 3. The van der Waals surface area contributed by atoms with E-state index in [4.69, 9.17) is 0 Å². The van der Waals surface area contributed by atoms with E-state index in [0.29, 0.717) is 16.9 Å². The number of rotatable bonds is 6. The Hall–Kier alpha value is -2.87. The second-order valence-electron chi connectivity index (χ2n) is 6.24. The van der Waals surface area contributed by atoms with E-state index >= 15 is 0 Å². The van der Waals surface area contributed by atoms with E-state index in [1.165, 1.54) is 11.3 Å². The van der Waals surface area contributed by atoms with Crippen molar-refractivity contribution in [2.24, 2.45) is 0 Å². The fourth-order valence-corrected chi connectivity index (χ4v) is 3.45. The van der Waals surface area contributed by atoms with Gasteiger partial charge in [0.1, 0.15) is 0 Å². The molecule has 7 nitrogen and oxygen atoms in total. The fourth-order valence-electron chi connectivity index (χ4n) is 2.81. The molecule has 0 aliphatic carbocycles. The van der Waals surface area contributed by atoms with Gasteiger partial charge in [-0.15, -0.1) is 0 Å². The third-order valence-corrected chi connectivity index (χ3v) is 4.94. The summed E-state index contributed by atoms with van der Waals surface area (Å²) < 4.78 is 0. The van der Waals surface area contributed by atoms with E-state index in [1.54, 1.807) is 40.6 Å². The van der Waals surface area contributed by atoms with Crippen LogP contribution in [0.5, 0.6) is 0 Å². The molecule has 4 amide bonds. The van der Waals surface area contributed by atoms with Gasteiger partial charge in [-0.3, -0.25) is 9.59 Å². The summed E-state index contributed by atoms with van der Waals surface area (Å²) in [5.74, 6) is -0.425. The van der Waals surface area contributed by atoms with Gasteiger partial charge in [-0.25, -0.2) is 4.79 Å². The van der Waals surface area contributed by atoms with Gasteiger partial charge in [0.05, 0.1) is 11.4 Å². The number of thiophene rings is 1. The van der Waals surface area contributed by atoms with Gasteiger partial charge in [-0.05, 0) is 36.4 Å². The number of hydrogen-bond donors (Lipinski definition) is 3. The van der Waals surface area contributed by atoms with Crippen molar-refractivity contribution in [2.45, 2.75) is 19.3 Å². The molecule has 3 rings (SSSR count). The van der Waals surface area contributed by atoms with Crippen LogP contribution in [-0.4, -0.2) is 42.4 Å². The second kappa shape index (κ2) is 9.18. The lowest BCUT2D eigenvalue weighted by Crippen LogP contribution is -2.32. The molecular formula is C19H22N4O3S. The SMILES string of the molecule is O=C(CCNC(=O)c1ccsc1)Nc1ccccc1NC(=O)N1CCCC1. The molecule has 1 aromatic carbocycles. The summed E-state index contributed by atoms with van der Waals surface area (Å²) >= 11 is 1.45. The maximum atomic E-state index is 12.3. The van der Waals surface area contributed by atoms with Crippen LogP contribution in [-0.2, 0) is 4.79 Å². The van der Waals surface area contributed by atoms with Crippen molar-refractivity contribution in [3.63, 3.8) is 0 Å². The Bertz CT molecular complexity index is 801. The minimum Gasteiger partial charge on any atom is -0.351 e. The van der Waals surface area contributed by atoms with Crippen LogP contribution >= 0.6 is 11.3 Å². The molecular weight excluding hydrogens is 364 g/mol. The zero-order chi connectivity index (χ0) is 19.1. The van der Waals surface area contributed by atoms with Gasteiger partial charge in [0.2, 0.25) is 5.91 Å². The highest BCUT2D eigenvalue weighted by Gasteiger charge is 2.19. The predicted octanol–water partition coefficient (Wildman–Crippen LogP) is 3.13. The van der Waals surface area contributed by atoms with Crippen molar-refractivity contribution in [2.75, 3.05) is 30.3 Å². The first-order valence-corrected chi connectivity index (χ1v) is 9.83.